The molecule has 0 fully saturated rings. The van der Waals surface area contributed by atoms with Gasteiger partial charge in [-0.1, -0.05) is 54.6 Å². The van der Waals surface area contributed by atoms with Crippen LogP contribution in [0.1, 0.15) is 26.3 Å². The number of nitro benzene ring substituents is 2. The number of anilines is 2. The average Bonchev–Trinajstić information content (AvgIpc) is 3.00. The molecule has 0 heterocycles. The van der Waals surface area contributed by atoms with Crippen LogP contribution in [-0.4, -0.2) is 26.8 Å². The Morgan fingerprint density at radius 3 is 1.95 bits per heavy atom. The Morgan fingerprint density at radius 1 is 0.767 bits per heavy atom. The van der Waals surface area contributed by atoms with Crippen molar-refractivity contribution in [2.75, 3.05) is 5.32 Å². The number of hydrogen-bond donors (Lipinski definition) is 3. The summed E-state index contributed by atoms with van der Waals surface area (Å²) in [5.74, 6) is -1.68. The molecule has 0 aliphatic rings. The molecule has 5 rings (SSSR count). The van der Waals surface area contributed by atoms with Gasteiger partial charge in [0.25, 0.3) is 5.91 Å². The summed E-state index contributed by atoms with van der Waals surface area (Å²) in [6.45, 7) is 0.124. The van der Waals surface area contributed by atoms with E-state index in [1.54, 1.807) is 48.5 Å². The van der Waals surface area contributed by atoms with Crippen LogP contribution < -0.4 is 15.4 Å². The van der Waals surface area contributed by atoms with E-state index >= 15 is 0 Å². The van der Waals surface area contributed by atoms with Crippen LogP contribution in [0.3, 0.4) is 0 Å². The number of amides is 1. The zero-order valence-electron chi connectivity index (χ0n) is 22.2. The predicted molar refractivity (Wildman–Crippen MR) is 158 cm³/mol. The SMILES string of the molecule is O=C(NCc1ccccc1)c1cc([N+](=O)[O-])c(Nc2ccc(OC(=O)c3cc4ccccc4cc3O)cc2)c([N+](=O)[O-])c1. The Labute approximate surface area is 243 Å². The monoisotopic (exact) mass is 578 g/mol. The number of benzene rings is 5. The Bertz CT molecular complexity index is 1840. The Balaban J connectivity index is 1.35. The number of nitrogens with zero attached hydrogens (tertiary/aromatic N) is 2. The fourth-order valence-electron chi connectivity index (χ4n) is 4.34. The second-order valence-electron chi connectivity index (χ2n) is 9.33. The van der Waals surface area contributed by atoms with Crippen molar-refractivity contribution in [2.24, 2.45) is 0 Å². The molecule has 0 bridgehead atoms. The molecule has 0 unspecified atom stereocenters. The predicted octanol–water partition coefficient (Wildman–Crippen LogP) is 6.25. The van der Waals surface area contributed by atoms with E-state index in [1.165, 1.54) is 36.4 Å². The lowest BCUT2D eigenvalue weighted by Crippen LogP contribution is -2.23. The molecule has 0 radical (unpaired) electrons. The number of aromatic hydroxyl groups is 1. The number of ether oxygens (including phenoxy) is 1. The lowest BCUT2D eigenvalue weighted by molar-refractivity contribution is -0.392. The zero-order chi connectivity index (χ0) is 30.5. The molecule has 12 nitrogen and oxygen atoms in total. The summed E-state index contributed by atoms with van der Waals surface area (Å²) in [4.78, 5) is 47.6. The van der Waals surface area contributed by atoms with Gasteiger partial charge >= 0.3 is 17.3 Å². The fourth-order valence-corrected chi connectivity index (χ4v) is 4.34. The van der Waals surface area contributed by atoms with Gasteiger partial charge in [-0.05, 0) is 52.7 Å². The lowest BCUT2D eigenvalue weighted by Gasteiger charge is -2.11. The van der Waals surface area contributed by atoms with Crippen LogP contribution in [-0.2, 0) is 6.54 Å². The van der Waals surface area contributed by atoms with Crippen LogP contribution in [0.15, 0.2) is 103 Å². The molecule has 12 heteroatoms. The summed E-state index contributed by atoms with van der Waals surface area (Å²) in [6, 6.07) is 26.5. The first-order valence-electron chi connectivity index (χ1n) is 12.8. The Morgan fingerprint density at radius 2 is 1.35 bits per heavy atom. The zero-order valence-corrected chi connectivity index (χ0v) is 22.2. The van der Waals surface area contributed by atoms with Crippen LogP contribution in [0.25, 0.3) is 10.8 Å². The quantitative estimate of drug-likeness (QED) is 0.0790. The van der Waals surface area contributed by atoms with E-state index in [-0.39, 0.29) is 34.9 Å². The summed E-state index contributed by atoms with van der Waals surface area (Å²) < 4.78 is 5.37. The standard InChI is InChI=1S/C31H22N4O8/c36-28-17-21-9-5-4-8-20(21)14-25(28)31(38)43-24-12-10-23(11-13-24)33-29-26(34(39)40)15-22(16-27(29)35(41)42)30(37)32-18-19-6-2-1-3-7-19/h1-17,33,36H,18H2,(H,32,37). The average molecular weight is 579 g/mol. The molecule has 0 saturated heterocycles. The first-order valence-corrected chi connectivity index (χ1v) is 12.8. The van der Waals surface area contributed by atoms with Gasteiger partial charge in [-0.25, -0.2) is 4.79 Å². The minimum atomic E-state index is -0.824. The minimum Gasteiger partial charge on any atom is -0.507 e. The smallest absolute Gasteiger partial charge is 0.347 e. The van der Waals surface area contributed by atoms with E-state index in [0.717, 1.165) is 28.5 Å². The van der Waals surface area contributed by atoms with E-state index in [2.05, 4.69) is 10.6 Å². The van der Waals surface area contributed by atoms with E-state index in [9.17, 15) is 34.9 Å². The van der Waals surface area contributed by atoms with Gasteiger partial charge in [-0.2, -0.15) is 0 Å². The molecule has 0 spiro atoms. The highest BCUT2D eigenvalue weighted by atomic mass is 16.6. The molecule has 3 N–H and O–H groups in total. The molecule has 214 valence electrons. The van der Waals surface area contributed by atoms with Crippen molar-refractivity contribution < 1.29 is 29.3 Å². The van der Waals surface area contributed by atoms with E-state index in [4.69, 9.17) is 4.74 Å². The molecule has 0 aromatic heterocycles. The Hall–Kier alpha value is -6.30. The van der Waals surface area contributed by atoms with Crippen molar-refractivity contribution in [1.82, 2.24) is 5.32 Å². The number of phenols is 1. The molecule has 0 saturated carbocycles. The normalized spacial score (nSPS) is 10.6. The first-order chi connectivity index (χ1) is 20.7. The highest BCUT2D eigenvalue weighted by Crippen LogP contribution is 2.38. The van der Waals surface area contributed by atoms with E-state index in [1.807, 2.05) is 6.07 Å². The number of carbonyl (C=O) groups is 2. The number of esters is 1. The molecular formula is C31H22N4O8. The summed E-state index contributed by atoms with van der Waals surface area (Å²) in [6.07, 6.45) is 0. The maximum Gasteiger partial charge on any atom is 0.347 e. The van der Waals surface area contributed by atoms with Gasteiger partial charge in [0.05, 0.1) is 15.4 Å². The molecular weight excluding hydrogens is 556 g/mol. The fraction of sp³-hybridized carbons (Fsp3) is 0.0323. The van der Waals surface area contributed by atoms with Gasteiger partial charge in [-0.3, -0.25) is 25.0 Å². The van der Waals surface area contributed by atoms with Crippen molar-refractivity contribution >= 4 is 45.4 Å². The number of nitro groups is 2. The molecule has 0 atom stereocenters. The second kappa shape index (κ2) is 12.1. The second-order valence-corrected chi connectivity index (χ2v) is 9.33. The number of fused-ring (bicyclic) bond motifs is 1. The molecule has 0 aliphatic heterocycles. The van der Waals surface area contributed by atoms with E-state index in [0.29, 0.717) is 0 Å². The highest BCUT2D eigenvalue weighted by molar-refractivity contribution is 6.00. The third-order valence-electron chi connectivity index (χ3n) is 6.47. The van der Waals surface area contributed by atoms with Gasteiger partial charge in [0.2, 0.25) is 0 Å². The van der Waals surface area contributed by atoms with E-state index < -0.39 is 38.8 Å². The number of hydrogen-bond acceptors (Lipinski definition) is 9. The molecule has 43 heavy (non-hydrogen) atoms. The van der Waals surface area contributed by atoms with Crippen LogP contribution in [0.2, 0.25) is 0 Å². The third-order valence-corrected chi connectivity index (χ3v) is 6.47. The largest absolute Gasteiger partial charge is 0.507 e. The summed E-state index contributed by atoms with van der Waals surface area (Å²) >= 11 is 0. The van der Waals surface area contributed by atoms with Gasteiger partial charge in [-0.15, -0.1) is 0 Å². The minimum absolute atomic E-state index is 0.0416. The van der Waals surface area contributed by atoms with Crippen molar-refractivity contribution in [1.29, 1.82) is 0 Å². The Kier molecular flexibility index (Phi) is 7.92. The number of rotatable bonds is 9. The van der Waals surface area contributed by atoms with Crippen LogP contribution >= 0.6 is 0 Å². The number of carbonyl (C=O) groups excluding carboxylic acids is 2. The van der Waals surface area contributed by atoms with Crippen LogP contribution in [0, 0.1) is 20.2 Å². The lowest BCUT2D eigenvalue weighted by atomic mass is 10.1. The maximum absolute atomic E-state index is 12.7. The molecule has 5 aromatic rings. The van der Waals surface area contributed by atoms with Crippen LogP contribution in [0.4, 0.5) is 22.7 Å². The maximum atomic E-state index is 12.7. The topological polar surface area (TPSA) is 174 Å². The van der Waals surface area contributed by atoms with Gasteiger partial charge < -0.3 is 20.5 Å². The van der Waals surface area contributed by atoms with Crippen LogP contribution in [0.5, 0.6) is 11.5 Å². The van der Waals surface area contributed by atoms with Gasteiger partial charge in [0.15, 0.2) is 5.69 Å². The summed E-state index contributed by atoms with van der Waals surface area (Å²) in [5.41, 5.74) is -1.09. The van der Waals surface area contributed by atoms with Crippen molar-refractivity contribution in [3.05, 3.63) is 140 Å². The third kappa shape index (κ3) is 6.38. The van der Waals surface area contributed by atoms with Gasteiger partial charge in [0, 0.05) is 24.4 Å². The summed E-state index contributed by atoms with van der Waals surface area (Å²) in [7, 11) is 0. The highest BCUT2D eigenvalue weighted by Gasteiger charge is 2.29. The molecule has 5 aromatic carbocycles. The molecule has 0 aliphatic carbocycles. The summed E-state index contributed by atoms with van der Waals surface area (Å²) in [5, 5.41) is 40.8. The van der Waals surface area contributed by atoms with Gasteiger partial charge in [0.1, 0.15) is 17.1 Å². The number of phenolic OH excluding ortho intramolecular Hbond substituents is 1. The van der Waals surface area contributed by atoms with Crippen molar-refractivity contribution in [3.8, 4) is 11.5 Å². The first kappa shape index (κ1) is 28.2. The number of nitrogens with one attached hydrogen (secondary N) is 2. The van der Waals surface area contributed by atoms with Crippen molar-refractivity contribution in [2.45, 2.75) is 6.54 Å². The van der Waals surface area contributed by atoms with Crippen molar-refractivity contribution in [3.63, 3.8) is 0 Å². The molecule has 1 amide bonds.